The standard InChI is InChI=1S/C29H29NO7/c1-17-12-23-21(15-30(16-36-23)14-18-6-9-20(32-2)10-7-18)28-25(17)26(31)24(37-28)13-19-8-11-22(33-3)29(35-5)27(19)34-4/h6-13H,14-16H2,1-5H3/b24-13-. The van der Waals surface area contributed by atoms with E-state index in [9.17, 15) is 4.79 Å². The number of ketones is 1. The SMILES string of the molecule is COc1ccc(CN2COc3cc(C)c4c(c3C2)O/C(=C\c2ccc(OC)c(OC)c2OC)C4=O)cc1. The molecule has 3 aromatic rings. The summed E-state index contributed by atoms with van der Waals surface area (Å²) < 4.78 is 34.0. The summed E-state index contributed by atoms with van der Waals surface area (Å²) in [5, 5.41) is 0. The van der Waals surface area contributed by atoms with Crippen molar-refractivity contribution >= 4 is 11.9 Å². The van der Waals surface area contributed by atoms with Crippen molar-refractivity contribution in [3.05, 3.63) is 76.0 Å². The van der Waals surface area contributed by atoms with Crippen LogP contribution in [0.25, 0.3) is 6.08 Å². The molecule has 0 atom stereocenters. The van der Waals surface area contributed by atoms with Crippen molar-refractivity contribution in [2.75, 3.05) is 35.2 Å². The number of carbonyl (C=O) groups is 1. The molecule has 3 aromatic carbocycles. The summed E-state index contributed by atoms with van der Waals surface area (Å²) in [4.78, 5) is 15.6. The minimum Gasteiger partial charge on any atom is -0.497 e. The van der Waals surface area contributed by atoms with Crippen LogP contribution in [0.5, 0.6) is 34.5 Å². The first-order valence-electron chi connectivity index (χ1n) is 11.8. The molecular weight excluding hydrogens is 474 g/mol. The van der Waals surface area contributed by atoms with Crippen molar-refractivity contribution in [3.63, 3.8) is 0 Å². The molecule has 8 heteroatoms. The molecule has 8 nitrogen and oxygen atoms in total. The zero-order chi connectivity index (χ0) is 26.1. The maximum atomic E-state index is 13.5. The number of hydrogen-bond acceptors (Lipinski definition) is 8. The number of methoxy groups -OCH3 is 4. The Kier molecular flexibility index (Phi) is 6.67. The van der Waals surface area contributed by atoms with Gasteiger partial charge in [-0.3, -0.25) is 9.69 Å². The van der Waals surface area contributed by atoms with Crippen molar-refractivity contribution < 1.29 is 33.2 Å². The fraction of sp³-hybridized carbons (Fsp3) is 0.276. The van der Waals surface area contributed by atoms with Gasteiger partial charge in [0.2, 0.25) is 11.5 Å². The van der Waals surface area contributed by atoms with E-state index in [4.69, 9.17) is 28.4 Å². The Hall–Kier alpha value is -4.17. The van der Waals surface area contributed by atoms with Crippen molar-refractivity contribution in [2.24, 2.45) is 0 Å². The monoisotopic (exact) mass is 503 g/mol. The van der Waals surface area contributed by atoms with E-state index in [0.29, 0.717) is 53.9 Å². The lowest BCUT2D eigenvalue weighted by molar-refractivity contribution is 0.0872. The van der Waals surface area contributed by atoms with Crippen LogP contribution in [0.3, 0.4) is 0 Å². The Morgan fingerprint density at radius 2 is 1.70 bits per heavy atom. The molecule has 2 aliphatic rings. The van der Waals surface area contributed by atoms with Gasteiger partial charge in [0.15, 0.2) is 17.3 Å². The van der Waals surface area contributed by atoms with Crippen LogP contribution in [0.4, 0.5) is 0 Å². The number of Topliss-reactive ketones (excluding diaryl/α,β-unsaturated/α-hetero) is 1. The smallest absolute Gasteiger partial charge is 0.232 e. The van der Waals surface area contributed by atoms with Crippen LogP contribution in [0.1, 0.15) is 32.6 Å². The van der Waals surface area contributed by atoms with Gasteiger partial charge in [0.05, 0.1) is 39.6 Å². The van der Waals surface area contributed by atoms with Gasteiger partial charge >= 0.3 is 0 Å². The lowest BCUT2D eigenvalue weighted by Gasteiger charge is -2.30. The maximum Gasteiger partial charge on any atom is 0.232 e. The van der Waals surface area contributed by atoms with Crippen LogP contribution < -0.4 is 28.4 Å². The minimum atomic E-state index is -0.181. The zero-order valence-corrected chi connectivity index (χ0v) is 21.5. The highest BCUT2D eigenvalue weighted by Crippen LogP contribution is 2.46. The van der Waals surface area contributed by atoms with Crippen molar-refractivity contribution in [3.8, 4) is 34.5 Å². The normalized spacial score (nSPS) is 15.5. The van der Waals surface area contributed by atoms with E-state index in [1.54, 1.807) is 39.5 Å². The Morgan fingerprint density at radius 3 is 2.38 bits per heavy atom. The largest absolute Gasteiger partial charge is 0.497 e. The molecule has 0 fully saturated rings. The van der Waals surface area contributed by atoms with Crippen molar-refractivity contribution in [1.29, 1.82) is 0 Å². The second-order valence-electron chi connectivity index (χ2n) is 8.85. The Balaban J connectivity index is 1.46. The van der Waals surface area contributed by atoms with E-state index in [-0.39, 0.29) is 11.5 Å². The van der Waals surface area contributed by atoms with Crippen molar-refractivity contribution in [1.82, 2.24) is 4.90 Å². The van der Waals surface area contributed by atoms with Crippen LogP contribution >= 0.6 is 0 Å². The van der Waals surface area contributed by atoms with E-state index < -0.39 is 0 Å². The lowest BCUT2D eigenvalue weighted by Crippen LogP contribution is -2.31. The van der Waals surface area contributed by atoms with E-state index in [1.807, 2.05) is 37.3 Å². The van der Waals surface area contributed by atoms with Crippen LogP contribution in [0.2, 0.25) is 0 Å². The molecule has 2 heterocycles. The van der Waals surface area contributed by atoms with Crippen LogP contribution in [0.15, 0.2) is 48.2 Å². The van der Waals surface area contributed by atoms with E-state index in [0.717, 1.165) is 28.2 Å². The number of ether oxygens (including phenoxy) is 6. The Bertz CT molecular complexity index is 1380. The van der Waals surface area contributed by atoms with Gasteiger partial charge in [-0.25, -0.2) is 0 Å². The predicted octanol–water partition coefficient (Wildman–Crippen LogP) is 5.00. The first kappa shape index (κ1) is 24.5. The second-order valence-corrected chi connectivity index (χ2v) is 8.85. The van der Waals surface area contributed by atoms with Crippen LogP contribution in [0, 0.1) is 6.92 Å². The summed E-state index contributed by atoms with van der Waals surface area (Å²) in [7, 11) is 6.29. The minimum absolute atomic E-state index is 0.181. The highest BCUT2D eigenvalue weighted by Gasteiger charge is 2.35. The molecule has 0 bridgehead atoms. The first-order chi connectivity index (χ1) is 18.0. The molecular formula is C29H29NO7. The van der Waals surface area contributed by atoms with Gasteiger partial charge in [-0.05, 0) is 54.5 Å². The number of allylic oxidation sites excluding steroid dienone is 1. The lowest BCUT2D eigenvalue weighted by atomic mass is 9.98. The molecule has 2 aliphatic heterocycles. The summed E-state index contributed by atoms with van der Waals surface area (Å²) in [6, 6.07) is 13.4. The Labute approximate surface area is 215 Å². The zero-order valence-electron chi connectivity index (χ0n) is 21.5. The van der Waals surface area contributed by atoms with Gasteiger partial charge in [-0.2, -0.15) is 0 Å². The van der Waals surface area contributed by atoms with Gasteiger partial charge in [0.25, 0.3) is 0 Å². The van der Waals surface area contributed by atoms with Crippen molar-refractivity contribution in [2.45, 2.75) is 20.0 Å². The first-order valence-corrected chi connectivity index (χ1v) is 11.8. The summed E-state index contributed by atoms with van der Waals surface area (Å²) >= 11 is 0. The molecule has 0 aliphatic carbocycles. The van der Waals surface area contributed by atoms with Gasteiger partial charge in [0, 0.05) is 18.7 Å². The molecule has 37 heavy (non-hydrogen) atoms. The third kappa shape index (κ3) is 4.44. The number of benzene rings is 3. The molecule has 0 radical (unpaired) electrons. The average Bonchev–Trinajstić information content (AvgIpc) is 3.25. The molecule has 0 N–H and O–H groups in total. The van der Waals surface area contributed by atoms with Crippen LogP contribution in [-0.4, -0.2) is 45.9 Å². The fourth-order valence-electron chi connectivity index (χ4n) is 4.75. The Morgan fingerprint density at radius 1 is 0.946 bits per heavy atom. The summed E-state index contributed by atoms with van der Waals surface area (Å²) in [5.41, 5.74) is 4.00. The number of rotatable bonds is 7. The summed E-state index contributed by atoms with van der Waals surface area (Å²) in [6.07, 6.45) is 1.67. The molecule has 0 amide bonds. The summed E-state index contributed by atoms with van der Waals surface area (Å²) in [6.45, 7) is 3.61. The van der Waals surface area contributed by atoms with Crippen LogP contribution in [-0.2, 0) is 13.1 Å². The molecule has 5 rings (SSSR count). The quantitative estimate of drug-likeness (QED) is 0.417. The van der Waals surface area contributed by atoms with Gasteiger partial charge in [-0.15, -0.1) is 0 Å². The topological polar surface area (TPSA) is 75.7 Å². The fourth-order valence-corrected chi connectivity index (χ4v) is 4.75. The van der Waals surface area contributed by atoms with E-state index >= 15 is 0 Å². The number of aryl methyl sites for hydroxylation is 1. The third-order valence-electron chi connectivity index (χ3n) is 6.57. The molecule has 0 saturated carbocycles. The molecule has 0 saturated heterocycles. The van der Waals surface area contributed by atoms with E-state index in [2.05, 4.69) is 4.90 Å². The van der Waals surface area contributed by atoms with Gasteiger partial charge < -0.3 is 28.4 Å². The number of fused-ring (bicyclic) bond motifs is 3. The van der Waals surface area contributed by atoms with E-state index in [1.165, 1.54) is 7.11 Å². The molecule has 0 unspecified atom stereocenters. The highest BCUT2D eigenvalue weighted by molar-refractivity contribution is 6.16. The third-order valence-corrected chi connectivity index (χ3v) is 6.57. The maximum absolute atomic E-state index is 13.5. The number of carbonyl (C=O) groups excluding carboxylic acids is 1. The van der Waals surface area contributed by atoms with Gasteiger partial charge in [-0.1, -0.05) is 12.1 Å². The number of hydrogen-bond donors (Lipinski definition) is 0. The van der Waals surface area contributed by atoms with Gasteiger partial charge in [0.1, 0.15) is 24.0 Å². The molecule has 0 spiro atoms. The average molecular weight is 504 g/mol. The predicted molar refractivity (Wildman–Crippen MR) is 138 cm³/mol. The summed E-state index contributed by atoms with van der Waals surface area (Å²) in [5.74, 6) is 3.55. The highest BCUT2D eigenvalue weighted by atomic mass is 16.5. The number of nitrogens with zero attached hydrogens (tertiary/aromatic N) is 1. The molecule has 192 valence electrons. The second kappa shape index (κ2) is 10.1. The molecule has 0 aromatic heterocycles.